The fourth-order valence-corrected chi connectivity index (χ4v) is 1.90. The minimum absolute atomic E-state index is 0.277. The topological polar surface area (TPSA) is 86.6 Å². The maximum absolute atomic E-state index is 13.4. The van der Waals surface area contributed by atoms with E-state index < -0.39 is 23.2 Å². The van der Waals surface area contributed by atoms with Gasteiger partial charge in [-0.05, 0) is 31.4 Å². The Labute approximate surface area is 102 Å². The Morgan fingerprint density at radius 3 is 2.44 bits per heavy atom. The molecule has 0 aromatic heterocycles. The summed E-state index contributed by atoms with van der Waals surface area (Å²) >= 11 is 0. The number of carboxylic acids is 1. The molecule has 0 atom stereocenters. The van der Waals surface area contributed by atoms with Crippen LogP contribution in [0.4, 0.5) is 4.39 Å². The van der Waals surface area contributed by atoms with Gasteiger partial charge in [-0.25, -0.2) is 9.18 Å². The smallest absolute Gasteiger partial charge is 0.329 e. The first-order valence-electron chi connectivity index (χ1n) is 5.49. The maximum Gasteiger partial charge on any atom is 0.329 e. The van der Waals surface area contributed by atoms with Gasteiger partial charge in [0.05, 0.1) is 5.56 Å². The number of amides is 1. The van der Waals surface area contributed by atoms with Gasteiger partial charge in [-0.15, -0.1) is 0 Å². The fourth-order valence-electron chi connectivity index (χ4n) is 1.90. The predicted octanol–water partition coefficient (Wildman–Crippen LogP) is 1.27. The summed E-state index contributed by atoms with van der Waals surface area (Å²) < 4.78 is 13.4. The molecule has 6 heteroatoms. The van der Waals surface area contributed by atoms with Crippen molar-refractivity contribution in [2.45, 2.75) is 24.8 Å². The van der Waals surface area contributed by atoms with Gasteiger partial charge in [0.2, 0.25) is 0 Å². The molecule has 5 nitrogen and oxygen atoms in total. The summed E-state index contributed by atoms with van der Waals surface area (Å²) in [5.41, 5.74) is -1.55. The van der Waals surface area contributed by atoms with Crippen molar-refractivity contribution < 1.29 is 24.2 Å². The molecule has 0 unspecified atom stereocenters. The highest BCUT2D eigenvalue weighted by atomic mass is 19.1. The van der Waals surface area contributed by atoms with Crippen LogP contribution in [0.15, 0.2) is 18.2 Å². The van der Waals surface area contributed by atoms with Crippen molar-refractivity contribution in [3.63, 3.8) is 0 Å². The third kappa shape index (κ3) is 2.01. The van der Waals surface area contributed by atoms with Crippen LogP contribution >= 0.6 is 0 Å². The molecule has 1 aromatic carbocycles. The number of aliphatic carboxylic acids is 1. The van der Waals surface area contributed by atoms with Crippen LogP contribution in [0.3, 0.4) is 0 Å². The van der Waals surface area contributed by atoms with Crippen molar-refractivity contribution in [3.05, 3.63) is 29.6 Å². The molecule has 1 aromatic rings. The molecule has 0 spiro atoms. The van der Waals surface area contributed by atoms with Crippen molar-refractivity contribution in [1.82, 2.24) is 5.32 Å². The van der Waals surface area contributed by atoms with E-state index in [0.29, 0.717) is 19.3 Å². The number of phenols is 1. The van der Waals surface area contributed by atoms with E-state index in [-0.39, 0.29) is 11.3 Å². The molecular weight excluding hydrogens is 241 g/mol. The molecule has 1 aliphatic carbocycles. The van der Waals surface area contributed by atoms with E-state index in [1.807, 2.05) is 0 Å². The number of carbonyl (C=O) groups excluding carboxylic acids is 1. The Hall–Kier alpha value is -2.11. The van der Waals surface area contributed by atoms with Crippen LogP contribution in [-0.2, 0) is 4.79 Å². The number of benzene rings is 1. The molecule has 0 radical (unpaired) electrons. The molecule has 0 bridgehead atoms. The van der Waals surface area contributed by atoms with E-state index in [9.17, 15) is 14.0 Å². The normalized spacial score (nSPS) is 16.7. The fraction of sp³-hybridized carbons (Fsp3) is 0.333. The summed E-state index contributed by atoms with van der Waals surface area (Å²) in [5.74, 6) is -3.07. The molecule has 3 N–H and O–H groups in total. The number of carbonyl (C=O) groups is 2. The quantitative estimate of drug-likeness (QED) is 0.757. The van der Waals surface area contributed by atoms with Gasteiger partial charge in [0.15, 0.2) is 0 Å². The van der Waals surface area contributed by atoms with Gasteiger partial charge in [-0.3, -0.25) is 4.79 Å². The van der Waals surface area contributed by atoms with Gasteiger partial charge >= 0.3 is 5.97 Å². The Morgan fingerprint density at radius 2 is 2.00 bits per heavy atom. The van der Waals surface area contributed by atoms with Crippen molar-refractivity contribution in [2.24, 2.45) is 0 Å². The molecule has 0 heterocycles. The predicted molar refractivity (Wildman–Crippen MR) is 59.7 cm³/mol. The first-order chi connectivity index (χ1) is 8.44. The van der Waals surface area contributed by atoms with Gasteiger partial charge in [0.1, 0.15) is 17.1 Å². The van der Waals surface area contributed by atoms with Crippen LogP contribution in [0.2, 0.25) is 0 Å². The van der Waals surface area contributed by atoms with Crippen molar-refractivity contribution in [1.29, 1.82) is 0 Å². The zero-order chi connectivity index (χ0) is 13.3. The Morgan fingerprint density at radius 1 is 1.33 bits per heavy atom. The molecule has 0 aliphatic heterocycles. The van der Waals surface area contributed by atoms with Crippen molar-refractivity contribution in [3.8, 4) is 5.75 Å². The van der Waals surface area contributed by atoms with Crippen LogP contribution in [0, 0.1) is 5.82 Å². The molecule has 18 heavy (non-hydrogen) atoms. The molecular formula is C12H12FNO4. The number of hydrogen-bond acceptors (Lipinski definition) is 3. The van der Waals surface area contributed by atoms with Gasteiger partial charge in [0.25, 0.3) is 5.91 Å². The van der Waals surface area contributed by atoms with Gasteiger partial charge < -0.3 is 15.5 Å². The first kappa shape index (κ1) is 12.3. The monoisotopic (exact) mass is 253 g/mol. The standard InChI is InChI=1S/C12H12FNO4/c13-9-6-7(15)2-3-8(9)10(16)14-12(11(17)18)4-1-5-12/h2-3,6,15H,1,4-5H2,(H,14,16)(H,17,18). The summed E-state index contributed by atoms with van der Waals surface area (Å²) in [5, 5.41) is 20.4. The average Bonchev–Trinajstić information content (AvgIpc) is 2.22. The summed E-state index contributed by atoms with van der Waals surface area (Å²) in [6.07, 6.45) is 1.40. The highest BCUT2D eigenvalue weighted by Crippen LogP contribution is 2.32. The van der Waals surface area contributed by atoms with Gasteiger partial charge in [-0.1, -0.05) is 0 Å². The van der Waals surface area contributed by atoms with E-state index in [1.165, 1.54) is 6.07 Å². The number of halogens is 1. The molecule has 1 saturated carbocycles. The highest BCUT2D eigenvalue weighted by molar-refractivity contribution is 5.98. The lowest BCUT2D eigenvalue weighted by atomic mass is 9.76. The van der Waals surface area contributed by atoms with Crippen molar-refractivity contribution >= 4 is 11.9 Å². The third-order valence-electron chi connectivity index (χ3n) is 3.17. The Balaban J connectivity index is 2.19. The molecule has 96 valence electrons. The number of phenolic OH excluding ortho intramolecular Hbond substituents is 1. The third-order valence-corrected chi connectivity index (χ3v) is 3.17. The highest BCUT2D eigenvalue weighted by Gasteiger charge is 2.45. The average molecular weight is 253 g/mol. The lowest BCUT2D eigenvalue weighted by Crippen LogP contribution is -2.59. The van der Waals surface area contributed by atoms with Crippen molar-refractivity contribution in [2.75, 3.05) is 0 Å². The van der Waals surface area contributed by atoms with Crippen LogP contribution in [0.25, 0.3) is 0 Å². The first-order valence-corrected chi connectivity index (χ1v) is 5.49. The Kier molecular flexibility index (Phi) is 2.94. The lowest BCUT2D eigenvalue weighted by molar-refractivity contribution is -0.148. The minimum atomic E-state index is -1.28. The largest absolute Gasteiger partial charge is 0.508 e. The maximum atomic E-state index is 13.4. The molecule has 0 saturated heterocycles. The molecule has 2 rings (SSSR count). The second-order valence-corrected chi connectivity index (χ2v) is 4.36. The number of carboxylic acid groups (broad SMARTS) is 1. The van der Waals surface area contributed by atoms with Gasteiger partial charge in [0, 0.05) is 6.07 Å². The number of rotatable bonds is 3. The lowest BCUT2D eigenvalue weighted by Gasteiger charge is -2.38. The SMILES string of the molecule is O=C(NC1(C(=O)O)CCC1)c1ccc(O)cc1F. The second kappa shape index (κ2) is 4.29. The summed E-state index contributed by atoms with van der Waals surface area (Å²) in [6, 6.07) is 3.10. The zero-order valence-electron chi connectivity index (χ0n) is 9.44. The van der Waals surface area contributed by atoms with Crippen LogP contribution in [0.5, 0.6) is 5.75 Å². The van der Waals surface area contributed by atoms with E-state index in [1.54, 1.807) is 0 Å². The second-order valence-electron chi connectivity index (χ2n) is 4.36. The molecule has 1 fully saturated rings. The number of nitrogens with one attached hydrogen (secondary N) is 1. The van der Waals surface area contributed by atoms with E-state index in [2.05, 4.69) is 5.32 Å². The molecule has 1 amide bonds. The summed E-state index contributed by atoms with van der Waals surface area (Å²) in [6.45, 7) is 0. The van der Waals surface area contributed by atoms with Crippen LogP contribution in [-0.4, -0.2) is 27.6 Å². The van der Waals surface area contributed by atoms with E-state index in [0.717, 1.165) is 12.1 Å². The minimum Gasteiger partial charge on any atom is -0.508 e. The molecule has 1 aliphatic rings. The summed E-state index contributed by atoms with van der Waals surface area (Å²) in [4.78, 5) is 22.9. The Bertz CT molecular complexity index is 511. The van der Waals surface area contributed by atoms with Crippen LogP contribution in [0.1, 0.15) is 29.6 Å². The van der Waals surface area contributed by atoms with E-state index in [4.69, 9.17) is 10.2 Å². The summed E-state index contributed by atoms with van der Waals surface area (Å²) in [7, 11) is 0. The van der Waals surface area contributed by atoms with E-state index >= 15 is 0 Å². The number of hydrogen-bond donors (Lipinski definition) is 3. The van der Waals surface area contributed by atoms with Crippen LogP contribution < -0.4 is 5.32 Å². The number of aromatic hydroxyl groups is 1. The zero-order valence-corrected chi connectivity index (χ0v) is 9.44. The van der Waals surface area contributed by atoms with Gasteiger partial charge in [-0.2, -0.15) is 0 Å².